The first kappa shape index (κ1) is 15.4. The van der Waals surface area contributed by atoms with E-state index in [9.17, 15) is 4.39 Å². The summed E-state index contributed by atoms with van der Waals surface area (Å²) in [4.78, 5) is 8.19. The molecular formula is C16H15FN4O. The predicted molar refractivity (Wildman–Crippen MR) is 86.2 cm³/mol. The van der Waals surface area contributed by atoms with Crippen LogP contribution in [0.25, 0.3) is 0 Å². The summed E-state index contributed by atoms with van der Waals surface area (Å²) in [5, 5.41) is 7.13. The molecule has 0 radical (unpaired) electrons. The van der Waals surface area contributed by atoms with Crippen LogP contribution in [0.5, 0.6) is 5.75 Å². The van der Waals surface area contributed by atoms with Gasteiger partial charge in [-0.15, -0.1) is 0 Å². The van der Waals surface area contributed by atoms with Gasteiger partial charge in [-0.3, -0.25) is 0 Å². The summed E-state index contributed by atoms with van der Waals surface area (Å²) in [5.41, 5.74) is 8.05. The Bertz CT molecular complexity index is 678. The predicted octanol–water partition coefficient (Wildman–Crippen LogP) is 3.06. The van der Waals surface area contributed by atoms with E-state index in [1.165, 1.54) is 12.6 Å². The Labute approximate surface area is 127 Å². The molecule has 2 aromatic carbocycles. The highest BCUT2D eigenvalue weighted by atomic mass is 19.1. The van der Waals surface area contributed by atoms with E-state index in [2.05, 4.69) is 9.98 Å². The smallest absolute Gasteiger partial charge is 0.228 e. The number of alkyl halides is 1. The topological polar surface area (TPSA) is 83.8 Å². The van der Waals surface area contributed by atoms with Crippen molar-refractivity contribution in [1.29, 1.82) is 5.41 Å². The van der Waals surface area contributed by atoms with Gasteiger partial charge in [0.05, 0.1) is 5.69 Å². The molecule has 0 aliphatic carbocycles. The Balaban J connectivity index is 2.03. The zero-order chi connectivity index (χ0) is 15.8. The van der Waals surface area contributed by atoms with Gasteiger partial charge in [0.1, 0.15) is 17.9 Å². The minimum Gasteiger partial charge on any atom is -0.463 e. The molecule has 0 aliphatic heterocycles. The molecule has 0 aliphatic rings. The zero-order valence-electron chi connectivity index (χ0n) is 11.7. The lowest BCUT2D eigenvalue weighted by Crippen LogP contribution is -2.13. The summed E-state index contributed by atoms with van der Waals surface area (Å²) in [7, 11) is 0. The molecule has 6 heteroatoms. The zero-order valence-corrected chi connectivity index (χ0v) is 11.7. The number of ether oxygens (including phenoxy) is 1. The number of nitrogens with zero attached hydrogens (tertiary/aromatic N) is 2. The number of amidine groups is 1. The number of hydrogen-bond acceptors (Lipinski definition) is 3. The average Bonchev–Trinajstić information content (AvgIpc) is 2.56. The van der Waals surface area contributed by atoms with Crippen LogP contribution in [-0.4, -0.2) is 25.2 Å². The maximum atomic E-state index is 12.0. The van der Waals surface area contributed by atoms with Crippen molar-refractivity contribution in [1.82, 2.24) is 0 Å². The van der Waals surface area contributed by atoms with Crippen LogP contribution in [0.2, 0.25) is 0 Å². The summed E-state index contributed by atoms with van der Waals surface area (Å²) in [5.74, 6) is 0.772. The van der Waals surface area contributed by atoms with Crippen molar-refractivity contribution >= 4 is 24.1 Å². The fourth-order valence-electron chi connectivity index (χ4n) is 1.67. The number of halogens is 1. The quantitative estimate of drug-likeness (QED) is 0.634. The van der Waals surface area contributed by atoms with E-state index in [4.69, 9.17) is 15.9 Å². The standard InChI is InChI=1S/C16H15FN4O/c17-10-22-15-7-5-14(6-8-15)20-11-21-16(19)13-3-1-12(9-18)2-4-13/h1-9,11,18H,10H2,(H2,19,20,21). The molecule has 3 N–H and O–H groups in total. The third kappa shape index (κ3) is 4.24. The van der Waals surface area contributed by atoms with Gasteiger partial charge in [-0.1, -0.05) is 24.3 Å². The van der Waals surface area contributed by atoms with E-state index in [0.29, 0.717) is 17.3 Å². The van der Waals surface area contributed by atoms with Crippen LogP contribution in [-0.2, 0) is 0 Å². The normalized spacial score (nSPS) is 11.6. The second-order valence-electron chi connectivity index (χ2n) is 4.27. The minimum atomic E-state index is -0.861. The van der Waals surface area contributed by atoms with Crippen LogP contribution in [0.3, 0.4) is 0 Å². The highest BCUT2D eigenvalue weighted by Crippen LogP contribution is 2.17. The molecule has 0 spiro atoms. The molecule has 0 bridgehead atoms. The lowest BCUT2D eigenvalue weighted by atomic mass is 10.1. The Morgan fingerprint density at radius 1 is 1.14 bits per heavy atom. The third-order valence-electron chi connectivity index (χ3n) is 2.83. The van der Waals surface area contributed by atoms with Gasteiger partial charge in [-0.2, -0.15) is 0 Å². The van der Waals surface area contributed by atoms with Crippen molar-refractivity contribution in [3.05, 3.63) is 59.7 Å². The second kappa shape index (κ2) is 7.68. The van der Waals surface area contributed by atoms with Gasteiger partial charge in [0.15, 0.2) is 0 Å². The molecule has 0 saturated carbocycles. The number of nitrogens with one attached hydrogen (secondary N) is 1. The fourth-order valence-corrected chi connectivity index (χ4v) is 1.67. The van der Waals surface area contributed by atoms with Crippen LogP contribution < -0.4 is 10.5 Å². The molecule has 0 saturated heterocycles. The van der Waals surface area contributed by atoms with Crippen LogP contribution in [0, 0.1) is 5.41 Å². The van der Waals surface area contributed by atoms with Crippen LogP contribution >= 0.6 is 0 Å². The second-order valence-corrected chi connectivity index (χ2v) is 4.27. The lowest BCUT2D eigenvalue weighted by molar-refractivity contribution is 0.192. The van der Waals surface area contributed by atoms with Crippen LogP contribution in [0.15, 0.2) is 58.5 Å². The van der Waals surface area contributed by atoms with Crippen molar-refractivity contribution in [2.24, 2.45) is 15.7 Å². The summed E-state index contributed by atoms with van der Waals surface area (Å²) in [6.45, 7) is -0.861. The van der Waals surface area contributed by atoms with E-state index in [0.717, 1.165) is 11.1 Å². The van der Waals surface area contributed by atoms with Gasteiger partial charge >= 0.3 is 0 Å². The van der Waals surface area contributed by atoms with Crippen molar-refractivity contribution in [3.8, 4) is 5.75 Å². The summed E-state index contributed by atoms with van der Waals surface area (Å²) < 4.78 is 16.7. The highest BCUT2D eigenvalue weighted by Gasteiger charge is 1.97. The summed E-state index contributed by atoms with van der Waals surface area (Å²) in [6, 6.07) is 13.8. The average molecular weight is 298 g/mol. The molecule has 0 aromatic heterocycles. The lowest BCUT2D eigenvalue weighted by Gasteiger charge is -2.00. The SMILES string of the molecule is N=Cc1ccc(C(N)=NC=Nc2ccc(OCF)cc2)cc1. The molecule has 0 fully saturated rings. The van der Waals surface area contributed by atoms with Crippen molar-refractivity contribution in [2.45, 2.75) is 0 Å². The first-order chi connectivity index (χ1) is 10.7. The Kier molecular flexibility index (Phi) is 5.37. The largest absolute Gasteiger partial charge is 0.463 e. The molecule has 0 unspecified atom stereocenters. The van der Waals surface area contributed by atoms with Crippen LogP contribution in [0.1, 0.15) is 11.1 Å². The van der Waals surface area contributed by atoms with Gasteiger partial charge in [0.2, 0.25) is 6.86 Å². The molecule has 2 aromatic rings. The molecule has 0 heterocycles. The van der Waals surface area contributed by atoms with Gasteiger partial charge in [0, 0.05) is 11.8 Å². The molecule has 22 heavy (non-hydrogen) atoms. The number of aliphatic imine (C=N–C) groups is 2. The summed E-state index contributed by atoms with van der Waals surface area (Å²) >= 11 is 0. The maximum Gasteiger partial charge on any atom is 0.228 e. The van der Waals surface area contributed by atoms with E-state index in [1.807, 2.05) is 0 Å². The van der Waals surface area contributed by atoms with Gasteiger partial charge in [-0.25, -0.2) is 14.4 Å². The number of nitrogens with two attached hydrogens (primary N) is 1. The monoisotopic (exact) mass is 298 g/mol. The van der Waals surface area contributed by atoms with Gasteiger partial charge in [-0.05, 0) is 29.8 Å². The fraction of sp³-hybridized carbons (Fsp3) is 0.0625. The molecule has 5 nitrogen and oxygen atoms in total. The Morgan fingerprint density at radius 3 is 2.41 bits per heavy atom. The number of benzene rings is 2. The molecule has 112 valence electrons. The van der Waals surface area contributed by atoms with Crippen molar-refractivity contribution in [3.63, 3.8) is 0 Å². The van der Waals surface area contributed by atoms with Crippen molar-refractivity contribution in [2.75, 3.05) is 6.86 Å². The molecule has 0 atom stereocenters. The Hall–Kier alpha value is -3.02. The maximum absolute atomic E-state index is 12.0. The van der Waals surface area contributed by atoms with E-state index in [1.54, 1.807) is 48.5 Å². The number of rotatable bonds is 6. The third-order valence-corrected chi connectivity index (χ3v) is 2.83. The first-order valence-electron chi connectivity index (χ1n) is 6.48. The van der Waals surface area contributed by atoms with E-state index >= 15 is 0 Å². The molecule has 2 rings (SSSR count). The minimum absolute atomic E-state index is 0.331. The Morgan fingerprint density at radius 2 is 1.82 bits per heavy atom. The van der Waals surface area contributed by atoms with Gasteiger partial charge < -0.3 is 15.9 Å². The highest BCUT2D eigenvalue weighted by molar-refractivity contribution is 6.01. The molecule has 0 amide bonds. The van der Waals surface area contributed by atoms with E-state index in [-0.39, 0.29) is 0 Å². The number of hydrogen-bond donors (Lipinski definition) is 2. The summed E-state index contributed by atoms with van der Waals surface area (Å²) in [6.07, 6.45) is 2.61. The molecular weight excluding hydrogens is 283 g/mol. The van der Waals surface area contributed by atoms with E-state index < -0.39 is 6.86 Å². The van der Waals surface area contributed by atoms with Gasteiger partial charge in [0.25, 0.3) is 0 Å². The van der Waals surface area contributed by atoms with Crippen LogP contribution in [0.4, 0.5) is 10.1 Å². The van der Waals surface area contributed by atoms with Crippen molar-refractivity contribution < 1.29 is 9.13 Å². The first-order valence-corrected chi connectivity index (χ1v) is 6.48.